The summed E-state index contributed by atoms with van der Waals surface area (Å²) in [6, 6.07) is 12.6. The molecule has 0 radical (unpaired) electrons. The van der Waals surface area contributed by atoms with Crippen molar-refractivity contribution in [3.63, 3.8) is 0 Å². The maximum atomic E-state index is 11.7. The molecule has 0 heterocycles. The van der Waals surface area contributed by atoms with Crippen LogP contribution in [0.15, 0.2) is 47.4 Å². The number of primary sulfonamides is 1. The number of nitrogens with one attached hydrogen (secondary N) is 1. The van der Waals surface area contributed by atoms with Gasteiger partial charge in [0.25, 0.3) is 0 Å². The smallest absolute Gasteiger partial charge is 0.241 e. The molecule has 2 aromatic rings. The summed E-state index contributed by atoms with van der Waals surface area (Å²) < 4.78 is 39.4. The van der Waals surface area contributed by atoms with E-state index in [9.17, 15) is 8.42 Å². The fraction of sp³-hybridized carbons (Fsp3) is 0.368. The molecule has 2 aromatic carbocycles. The molecule has 0 saturated carbocycles. The van der Waals surface area contributed by atoms with E-state index in [2.05, 4.69) is 5.32 Å². The number of ether oxygens (including phenoxy) is 3. The van der Waals surface area contributed by atoms with Crippen LogP contribution in [0.4, 0.5) is 0 Å². The number of methoxy groups -OCH3 is 2. The summed E-state index contributed by atoms with van der Waals surface area (Å²) in [4.78, 5) is -0.00536. The van der Waals surface area contributed by atoms with Gasteiger partial charge in [-0.1, -0.05) is 18.2 Å². The van der Waals surface area contributed by atoms with Crippen molar-refractivity contribution in [3.8, 4) is 17.2 Å². The maximum absolute atomic E-state index is 11.7. The number of sulfonamides is 1. The van der Waals surface area contributed by atoms with Crippen molar-refractivity contribution in [2.75, 3.05) is 27.4 Å². The number of hydrogen-bond donors (Lipinski definition) is 2. The highest BCUT2D eigenvalue weighted by Gasteiger charge is 2.16. The third kappa shape index (κ3) is 6.13. The number of para-hydroxylation sites is 2. The summed E-state index contributed by atoms with van der Waals surface area (Å²) in [6.45, 7) is 3.14. The highest BCUT2D eigenvalue weighted by Crippen LogP contribution is 2.26. The van der Waals surface area contributed by atoms with E-state index in [1.807, 2.05) is 37.3 Å². The molecule has 0 saturated heterocycles. The molecule has 27 heavy (non-hydrogen) atoms. The van der Waals surface area contributed by atoms with Gasteiger partial charge in [0.2, 0.25) is 10.0 Å². The fourth-order valence-corrected chi connectivity index (χ4v) is 3.45. The summed E-state index contributed by atoms with van der Waals surface area (Å²) in [5.41, 5.74) is 0.852. The van der Waals surface area contributed by atoms with Crippen molar-refractivity contribution in [2.45, 2.75) is 24.3 Å². The Morgan fingerprint density at radius 3 is 2.33 bits per heavy atom. The van der Waals surface area contributed by atoms with E-state index in [0.717, 1.165) is 5.56 Å². The average molecular weight is 394 g/mol. The number of hydrogen-bond acceptors (Lipinski definition) is 6. The zero-order valence-electron chi connectivity index (χ0n) is 15.8. The zero-order chi connectivity index (χ0) is 19.9. The van der Waals surface area contributed by atoms with Crippen LogP contribution in [-0.4, -0.2) is 41.8 Å². The molecule has 148 valence electrons. The van der Waals surface area contributed by atoms with Crippen LogP contribution in [-0.2, 0) is 16.4 Å². The second-order valence-electron chi connectivity index (χ2n) is 6.09. The Bertz CT molecular complexity index is 855. The van der Waals surface area contributed by atoms with Crippen molar-refractivity contribution in [1.82, 2.24) is 5.32 Å². The van der Waals surface area contributed by atoms with Crippen LogP contribution in [0.5, 0.6) is 17.2 Å². The maximum Gasteiger partial charge on any atom is 0.241 e. The Labute approximate surface area is 160 Å². The average Bonchev–Trinajstić information content (AvgIpc) is 2.64. The van der Waals surface area contributed by atoms with E-state index in [1.165, 1.54) is 7.11 Å². The molecule has 7 nitrogen and oxygen atoms in total. The monoisotopic (exact) mass is 394 g/mol. The lowest BCUT2D eigenvalue weighted by atomic mass is 10.1. The van der Waals surface area contributed by atoms with Crippen LogP contribution in [0.2, 0.25) is 0 Å². The first-order valence-electron chi connectivity index (χ1n) is 8.54. The van der Waals surface area contributed by atoms with Crippen molar-refractivity contribution in [2.24, 2.45) is 5.14 Å². The van der Waals surface area contributed by atoms with Gasteiger partial charge in [0.15, 0.2) is 11.5 Å². The molecule has 0 amide bonds. The Kier molecular flexibility index (Phi) is 7.46. The van der Waals surface area contributed by atoms with E-state index < -0.39 is 10.0 Å². The Balaban J connectivity index is 1.88. The van der Waals surface area contributed by atoms with Crippen LogP contribution < -0.4 is 24.7 Å². The second kappa shape index (κ2) is 9.59. The molecule has 0 aliphatic carbocycles. The minimum Gasteiger partial charge on any atom is -0.495 e. The van der Waals surface area contributed by atoms with Gasteiger partial charge in [0, 0.05) is 12.6 Å². The first kappa shape index (κ1) is 21.0. The fourth-order valence-electron chi connectivity index (χ4n) is 2.70. The van der Waals surface area contributed by atoms with Gasteiger partial charge in [-0.25, -0.2) is 13.6 Å². The summed E-state index contributed by atoms with van der Waals surface area (Å²) in [7, 11) is -0.823. The third-order valence-corrected chi connectivity index (χ3v) is 4.93. The van der Waals surface area contributed by atoms with Crippen LogP contribution >= 0.6 is 0 Å². The molecule has 8 heteroatoms. The SMILES string of the molecule is COc1ccccc1OCCNC(C)Cc1ccc(OC)c(S(N)(=O)=O)c1. The molecule has 0 fully saturated rings. The molecule has 0 aliphatic rings. The van der Waals surface area contributed by atoms with E-state index in [0.29, 0.717) is 31.1 Å². The lowest BCUT2D eigenvalue weighted by Crippen LogP contribution is -2.32. The highest BCUT2D eigenvalue weighted by atomic mass is 32.2. The minimum absolute atomic E-state index is 0.00536. The van der Waals surface area contributed by atoms with Gasteiger partial charge in [0.1, 0.15) is 17.3 Å². The van der Waals surface area contributed by atoms with Gasteiger partial charge in [0.05, 0.1) is 14.2 Å². The third-order valence-electron chi connectivity index (χ3n) is 4.00. The molecular weight excluding hydrogens is 368 g/mol. The van der Waals surface area contributed by atoms with Crippen LogP contribution in [0, 0.1) is 0 Å². The predicted octanol–water partition coefficient (Wildman–Crippen LogP) is 1.95. The van der Waals surface area contributed by atoms with Gasteiger partial charge >= 0.3 is 0 Å². The number of nitrogens with two attached hydrogens (primary N) is 1. The summed E-state index contributed by atoms with van der Waals surface area (Å²) in [6.07, 6.45) is 0.640. The van der Waals surface area contributed by atoms with Crippen molar-refractivity contribution < 1.29 is 22.6 Å². The Morgan fingerprint density at radius 2 is 1.70 bits per heavy atom. The molecule has 1 atom stereocenters. The van der Waals surface area contributed by atoms with Crippen LogP contribution in [0.3, 0.4) is 0 Å². The van der Waals surface area contributed by atoms with Gasteiger partial charge in [-0.3, -0.25) is 0 Å². The number of benzene rings is 2. The lowest BCUT2D eigenvalue weighted by Gasteiger charge is -2.16. The normalized spacial score (nSPS) is 12.4. The largest absolute Gasteiger partial charge is 0.495 e. The van der Waals surface area contributed by atoms with Crippen molar-refractivity contribution in [1.29, 1.82) is 0 Å². The van der Waals surface area contributed by atoms with Crippen molar-refractivity contribution in [3.05, 3.63) is 48.0 Å². The van der Waals surface area contributed by atoms with Crippen molar-refractivity contribution >= 4 is 10.0 Å². The van der Waals surface area contributed by atoms with Gasteiger partial charge < -0.3 is 19.5 Å². The van der Waals surface area contributed by atoms with E-state index in [1.54, 1.807) is 19.2 Å². The molecule has 1 unspecified atom stereocenters. The summed E-state index contributed by atoms with van der Waals surface area (Å²) in [5, 5.41) is 8.61. The lowest BCUT2D eigenvalue weighted by molar-refractivity contribution is 0.287. The minimum atomic E-state index is -3.84. The molecule has 0 spiro atoms. The first-order chi connectivity index (χ1) is 12.8. The zero-order valence-corrected chi connectivity index (χ0v) is 16.6. The van der Waals surface area contributed by atoms with Crippen LogP contribution in [0.25, 0.3) is 0 Å². The second-order valence-corrected chi connectivity index (χ2v) is 7.62. The van der Waals surface area contributed by atoms with E-state index in [-0.39, 0.29) is 16.7 Å². The van der Waals surface area contributed by atoms with Gasteiger partial charge in [-0.15, -0.1) is 0 Å². The van der Waals surface area contributed by atoms with Gasteiger partial charge in [-0.05, 0) is 43.2 Å². The number of rotatable bonds is 10. The summed E-state index contributed by atoms with van der Waals surface area (Å²) in [5.74, 6) is 1.63. The molecule has 2 rings (SSSR count). The Hall–Kier alpha value is -2.29. The van der Waals surface area contributed by atoms with Gasteiger partial charge in [-0.2, -0.15) is 0 Å². The topological polar surface area (TPSA) is 99.9 Å². The molecule has 0 aromatic heterocycles. The molecule has 0 aliphatic heterocycles. The van der Waals surface area contributed by atoms with Crippen LogP contribution in [0.1, 0.15) is 12.5 Å². The summed E-state index contributed by atoms with van der Waals surface area (Å²) >= 11 is 0. The Morgan fingerprint density at radius 1 is 1.04 bits per heavy atom. The van der Waals surface area contributed by atoms with E-state index >= 15 is 0 Å². The predicted molar refractivity (Wildman–Crippen MR) is 104 cm³/mol. The quantitative estimate of drug-likeness (QED) is 0.598. The molecular formula is C19H26N2O5S. The molecule has 0 bridgehead atoms. The molecule has 3 N–H and O–H groups in total. The van der Waals surface area contributed by atoms with E-state index in [4.69, 9.17) is 19.3 Å². The highest BCUT2D eigenvalue weighted by molar-refractivity contribution is 7.89. The first-order valence-corrected chi connectivity index (χ1v) is 10.1. The standard InChI is InChI=1S/C19H26N2O5S/c1-14(21-10-11-26-17-7-5-4-6-16(17)24-2)12-15-8-9-18(25-3)19(13-15)27(20,22)23/h4-9,13-14,21H,10-12H2,1-3H3,(H2,20,22,23).